The number of amides is 1. The van der Waals surface area contributed by atoms with E-state index in [2.05, 4.69) is 10.1 Å². The summed E-state index contributed by atoms with van der Waals surface area (Å²) in [4.78, 5) is 22.8. The van der Waals surface area contributed by atoms with Crippen molar-refractivity contribution in [1.82, 2.24) is 5.32 Å². The topological polar surface area (TPSA) is 55.4 Å². The molecule has 0 aliphatic carbocycles. The number of carbonyl (C=O) groups excluding carboxylic acids is 2. The predicted octanol–water partition coefficient (Wildman–Crippen LogP) is 1.56. The van der Waals surface area contributed by atoms with Gasteiger partial charge in [0.15, 0.2) is 0 Å². The van der Waals surface area contributed by atoms with Gasteiger partial charge in [-0.05, 0) is 25.5 Å². The summed E-state index contributed by atoms with van der Waals surface area (Å²) in [6, 6.07) is 0.809. The molecule has 1 N–H and O–H groups in total. The maximum absolute atomic E-state index is 13.4. The molecule has 98 valence electrons. The van der Waals surface area contributed by atoms with E-state index >= 15 is 0 Å². The van der Waals surface area contributed by atoms with Crippen molar-refractivity contribution in [2.24, 2.45) is 0 Å². The lowest BCUT2D eigenvalue weighted by Crippen LogP contribution is -2.39. The summed E-state index contributed by atoms with van der Waals surface area (Å²) < 4.78 is 30.8. The van der Waals surface area contributed by atoms with Gasteiger partial charge in [0.25, 0.3) is 5.91 Å². The fraction of sp³-hybridized carbons (Fsp3) is 0.333. The summed E-state index contributed by atoms with van der Waals surface area (Å²) in [6.45, 7) is 2.81. The van der Waals surface area contributed by atoms with Gasteiger partial charge in [-0.2, -0.15) is 0 Å². The Morgan fingerprint density at radius 2 is 1.89 bits per heavy atom. The second kappa shape index (κ2) is 5.57. The van der Waals surface area contributed by atoms with Crippen molar-refractivity contribution in [2.75, 3.05) is 7.11 Å². The van der Waals surface area contributed by atoms with E-state index in [0.29, 0.717) is 6.07 Å². The number of hydrogen-bond donors (Lipinski definition) is 1. The molecule has 4 nitrogen and oxygen atoms in total. The minimum atomic E-state index is -0.979. The average Bonchev–Trinajstić information content (AvgIpc) is 2.32. The first-order chi connectivity index (χ1) is 8.36. The summed E-state index contributed by atoms with van der Waals surface area (Å²) in [5, 5.41) is 2.26. The number of esters is 1. The molecule has 1 aromatic carbocycles. The quantitative estimate of drug-likeness (QED) is 0.836. The third-order valence-corrected chi connectivity index (χ3v) is 2.40. The fourth-order valence-corrected chi connectivity index (χ4v) is 1.34. The van der Waals surface area contributed by atoms with E-state index in [0.717, 1.165) is 6.07 Å². The second-order valence-electron chi connectivity index (χ2n) is 3.80. The van der Waals surface area contributed by atoms with Gasteiger partial charge in [0.1, 0.15) is 17.7 Å². The molecule has 0 bridgehead atoms. The molecule has 1 atom stereocenters. The van der Waals surface area contributed by atoms with Gasteiger partial charge in [0, 0.05) is 6.07 Å². The van der Waals surface area contributed by atoms with Crippen LogP contribution in [0.3, 0.4) is 0 Å². The van der Waals surface area contributed by atoms with Gasteiger partial charge in [-0.3, -0.25) is 4.79 Å². The molecule has 0 radical (unpaired) electrons. The van der Waals surface area contributed by atoms with E-state index in [4.69, 9.17) is 0 Å². The van der Waals surface area contributed by atoms with Crippen LogP contribution in [0.1, 0.15) is 22.8 Å². The number of hydrogen-bond acceptors (Lipinski definition) is 3. The Hall–Kier alpha value is -1.98. The lowest BCUT2D eigenvalue weighted by Gasteiger charge is -2.12. The van der Waals surface area contributed by atoms with E-state index in [-0.39, 0.29) is 11.1 Å². The Labute approximate surface area is 103 Å². The molecule has 0 saturated carbocycles. The molecule has 0 aliphatic rings. The second-order valence-corrected chi connectivity index (χ2v) is 3.80. The van der Waals surface area contributed by atoms with Gasteiger partial charge >= 0.3 is 5.97 Å². The summed E-state index contributed by atoms with van der Waals surface area (Å²) in [5.74, 6) is -3.16. The molecule has 0 aliphatic heterocycles. The van der Waals surface area contributed by atoms with Crippen LogP contribution in [-0.4, -0.2) is 25.0 Å². The van der Waals surface area contributed by atoms with Gasteiger partial charge in [-0.25, -0.2) is 13.6 Å². The standard InChI is InChI=1S/C12H13F2NO3/c1-6-4-8(10(14)5-9(6)13)11(16)15-7(2)12(17)18-3/h4-5,7H,1-3H3,(H,15,16). The van der Waals surface area contributed by atoms with Crippen LogP contribution in [0.4, 0.5) is 8.78 Å². The molecule has 0 fully saturated rings. The number of methoxy groups -OCH3 is 1. The minimum Gasteiger partial charge on any atom is -0.467 e. The molecule has 6 heteroatoms. The summed E-state index contributed by atoms with van der Waals surface area (Å²) in [5.41, 5.74) is -0.170. The number of nitrogens with one attached hydrogen (secondary N) is 1. The SMILES string of the molecule is COC(=O)C(C)NC(=O)c1cc(C)c(F)cc1F. The number of ether oxygens (including phenoxy) is 1. The van der Waals surface area contributed by atoms with E-state index in [1.807, 2.05) is 0 Å². The zero-order valence-corrected chi connectivity index (χ0v) is 10.2. The Morgan fingerprint density at radius 3 is 2.44 bits per heavy atom. The van der Waals surface area contributed by atoms with Crippen molar-refractivity contribution in [3.05, 3.63) is 34.9 Å². The van der Waals surface area contributed by atoms with Gasteiger partial charge < -0.3 is 10.1 Å². The highest BCUT2D eigenvalue weighted by Crippen LogP contribution is 2.14. The Kier molecular flexibility index (Phi) is 4.36. The Bertz CT molecular complexity index is 488. The molecule has 1 rings (SSSR count). The van der Waals surface area contributed by atoms with E-state index < -0.39 is 29.6 Å². The minimum absolute atomic E-state index is 0.146. The summed E-state index contributed by atoms with van der Waals surface area (Å²) in [7, 11) is 1.17. The van der Waals surface area contributed by atoms with Crippen molar-refractivity contribution in [2.45, 2.75) is 19.9 Å². The average molecular weight is 257 g/mol. The zero-order valence-electron chi connectivity index (χ0n) is 10.2. The van der Waals surface area contributed by atoms with Crippen LogP contribution in [0.25, 0.3) is 0 Å². The molecule has 1 unspecified atom stereocenters. The lowest BCUT2D eigenvalue weighted by atomic mass is 10.1. The van der Waals surface area contributed by atoms with Crippen LogP contribution < -0.4 is 5.32 Å². The Morgan fingerprint density at radius 1 is 1.28 bits per heavy atom. The maximum atomic E-state index is 13.4. The lowest BCUT2D eigenvalue weighted by molar-refractivity contribution is -0.142. The first-order valence-electron chi connectivity index (χ1n) is 5.21. The van der Waals surface area contributed by atoms with Gasteiger partial charge in [0.05, 0.1) is 12.7 Å². The number of halogens is 2. The van der Waals surface area contributed by atoms with Crippen LogP contribution >= 0.6 is 0 Å². The third kappa shape index (κ3) is 3.03. The fourth-order valence-electron chi connectivity index (χ4n) is 1.34. The maximum Gasteiger partial charge on any atom is 0.328 e. The van der Waals surface area contributed by atoms with Crippen molar-refractivity contribution in [1.29, 1.82) is 0 Å². The van der Waals surface area contributed by atoms with E-state index in [9.17, 15) is 18.4 Å². The molecule has 0 saturated heterocycles. The Balaban J connectivity index is 2.91. The van der Waals surface area contributed by atoms with E-state index in [1.54, 1.807) is 0 Å². The van der Waals surface area contributed by atoms with Crippen molar-refractivity contribution < 1.29 is 23.1 Å². The smallest absolute Gasteiger partial charge is 0.328 e. The monoisotopic (exact) mass is 257 g/mol. The van der Waals surface area contributed by atoms with Crippen LogP contribution in [0.5, 0.6) is 0 Å². The van der Waals surface area contributed by atoms with E-state index in [1.165, 1.54) is 21.0 Å². The highest BCUT2D eigenvalue weighted by Gasteiger charge is 2.20. The molecule has 18 heavy (non-hydrogen) atoms. The predicted molar refractivity (Wildman–Crippen MR) is 60.0 cm³/mol. The summed E-state index contributed by atoms with van der Waals surface area (Å²) in [6.07, 6.45) is 0. The third-order valence-electron chi connectivity index (χ3n) is 2.40. The molecule has 1 amide bonds. The van der Waals surface area contributed by atoms with Crippen LogP contribution in [0.15, 0.2) is 12.1 Å². The molecular formula is C12H13F2NO3. The highest BCUT2D eigenvalue weighted by molar-refractivity contribution is 5.97. The van der Waals surface area contributed by atoms with Gasteiger partial charge in [-0.1, -0.05) is 0 Å². The number of benzene rings is 1. The van der Waals surface area contributed by atoms with Gasteiger partial charge in [0.2, 0.25) is 0 Å². The molecule has 0 heterocycles. The number of rotatable bonds is 3. The zero-order chi connectivity index (χ0) is 13.9. The van der Waals surface area contributed by atoms with Crippen LogP contribution in [0, 0.1) is 18.6 Å². The van der Waals surface area contributed by atoms with Crippen LogP contribution in [0.2, 0.25) is 0 Å². The van der Waals surface area contributed by atoms with Gasteiger partial charge in [-0.15, -0.1) is 0 Å². The summed E-state index contributed by atoms with van der Waals surface area (Å²) >= 11 is 0. The highest BCUT2D eigenvalue weighted by atomic mass is 19.1. The normalized spacial score (nSPS) is 11.8. The number of carbonyl (C=O) groups is 2. The number of aryl methyl sites for hydroxylation is 1. The van der Waals surface area contributed by atoms with Crippen LogP contribution in [-0.2, 0) is 9.53 Å². The van der Waals surface area contributed by atoms with Crippen molar-refractivity contribution in [3.63, 3.8) is 0 Å². The first-order valence-corrected chi connectivity index (χ1v) is 5.21. The molecule has 0 aromatic heterocycles. The first kappa shape index (κ1) is 14.1. The molecule has 1 aromatic rings. The molecule has 0 spiro atoms. The largest absolute Gasteiger partial charge is 0.467 e. The van der Waals surface area contributed by atoms with Crippen molar-refractivity contribution >= 4 is 11.9 Å². The molecular weight excluding hydrogens is 244 g/mol. The van der Waals surface area contributed by atoms with Crippen molar-refractivity contribution in [3.8, 4) is 0 Å².